The molecule has 3 nitrogen and oxygen atoms in total. The minimum atomic E-state index is -1.24. The van der Waals surface area contributed by atoms with Gasteiger partial charge in [-0.15, -0.1) is 0 Å². The molecule has 19 heavy (non-hydrogen) atoms. The number of amides is 1. The van der Waals surface area contributed by atoms with Gasteiger partial charge in [0, 0.05) is 30.9 Å². The molecule has 2 aromatic rings. The molecule has 0 fully saturated rings. The number of carbonyl (C=O) groups excluding carboxylic acids is 1. The summed E-state index contributed by atoms with van der Waals surface area (Å²) in [4.78, 5) is 12.3. The number of rotatable bonds is 2. The molecule has 0 saturated heterocycles. The third-order valence-corrected chi connectivity index (χ3v) is 2.21. The summed E-state index contributed by atoms with van der Waals surface area (Å²) in [6.45, 7) is 5.00. The van der Waals surface area contributed by atoms with E-state index in [1.165, 1.54) is 0 Å². The predicted molar refractivity (Wildman–Crippen MR) is 71.5 cm³/mol. The third kappa shape index (κ3) is 4.84. The Bertz CT molecular complexity index is 435. The molecule has 0 N–H and O–H groups in total. The summed E-state index contributed by atoms with van der Waals surface area (Å²) in [5, 5.41) is 11.1. The number of benzene rings is 2. The second kappa shape index (κ2) is 9.29. The van der Waals surface area contributed by atoms with Gasteiger partial charge in [-0.25, -0.2) is 0 Å². The minimum absolute atomic E-state index is 0. The minimum Gasteiger partial charge on any atom is -0.529 e. The second-order valence-corrected chi connectivity index (χ2v) is 3.27. The number of nitrogens with zero attached hydrogens (tertiary/aromatic N) is 1. The van der Waals surface area contributed by atoms with Crippen LogP contribution in [0.2, 0.25) is 0 Å². The van der Waals surface area contributed by atoms with Crippen LogP contribution >= 0.6 is 0 Å². The van der Waals surface area contributed by atoms with Crippen LogP contribution in [-0.4, -0.2) is 6.09 Å². The van der Waals surface area contributed by atoms with Gasteiger partial charge in [0.1, 0.15) is 6.09 Å². The van der Waals surface area contributed by atoms with Crippen LogP contribution in [0, 0.1) is 6.92 Å². The smallest absolute Gasteiger partial charge is 0.146 e. The zero-order chi connectivity index (χ0) is 13.4. The zero-order valence-corrected chi connectivity index (χ0v) is 13.9. The predicted octanol–water partition coefficient (Wildman–Crippen LogP) is 3.01. The molecule has 2 rings (SSSR count). The van der Waals surface area contributed by atoms with E-state index in [1.54, 1.807) is 55.5 Å². The van der Waals surface area contributed by atoms with Crippen LogP contribution in [0.3, 0.4) is 0 Å². The number of para-hydroxylation sites is 2. The molecule has 0 spiro atoms. The molecule has 1 radical (unpaired) electrons. The quantitative estimate of drug-likeness (QED) is 0.801. The molecule has 2 aromatic carbocycles. The summed E-state index contributed by atoms with van der Waals surface area (Å²) < 4.78 is 0. The van der Waals surface area contributed by atoms with Gasteiger partial charge in [-0.05, 0) is 24.3 Å². The van der Waals surface area contributed by atoms with Crippen LogP contribution < -0.4 is 10.0 Å². The van der Waals surface area contributed by atoms with Crippen molar-refractivity contribution in [3.05, 3.63) is 67.6 Å². The zero-order valence-electron chi connectivity index (χ0n) is 11.0. The first kappa shape index (κ1) is 17.3. The van der Waals surface area contributed by atoms with Crippen LogP contribution in [-0.2, 0) is 19.5 Å². The van der Waals surface area contributed by atoms with Crippen LogP contribution in [0.1, 0.15) is 6.92 Å². The van der Waals surface area contributed by atoms with E-state index in [1.807, 2.05) is 12.1 Å². The summed E-state index contributed by atoms with van der Waals surface area (Å²) in [6.07, 6.45) is -1.24. The van der Waals surface area contributed by atoms with E-state index < -0.39 is 6.09 Å². The molecule has 0 aliphatic rings. The van der Waals surface area contributed by atoms with Crippen molar-refractivity contribution >= 4 is 17.5 Å². The third-order valence-electron chi connectivity index (χ3n) is 2.21. The molecule has 0 saturated carbocycles. The second-order valence-electron chi connectivity index (χ2n) is 3.27. The molecule has 1 amide bonds. The maximum Gasteiger partial charge on any atom is 0.146 e. The van der Waals surface area contributed by atoms with E-state index in [9.17, 15) is 9.90 Å². The van der Waals surface area contributed by atoms with E-state index in [0.29, 0.717) is 11.4 Å². The summed E-state index contributed by atoms with van der Waals surface area (Å²) in [7, 11) is 0. The van der Waals surface area contributed by atoms with Gasteiger partial charge in [-0.3, -0.25) is 4.90 Å². The monoisotopic (exact) mass is 305 g/mol. The van der Waals surface area contributed by atoms with Gasteiger partial charge in [0.2, 0.25) is 0 Å². The van der Waals surface area contributed by atoms with E-state index in [-0.39, 0.29) is 19.5 Å². The Hall–Kier alpha value is -1.67. The first-order chi connectivity index (χ1) is 8.79. The fourth-order valence-corrected chi connectivity index (χ4v) is 1.51. The fraction of sp³-hybridized carbons (Fsp3) is 0.0667. The Morgan fingerprint density at radius 3 is 1.47 bits per heavy atom. The topological polar surface area (TPSA) is 43.4 Å². The van der Waals surface area contributed by atoms with Crippen molar-refractivity contribution in [2.75, 3.05) is 4.90 Å². The molecule has 0 bridgehead atoms. The Balaban J connectivity index is 0.00000103. The fourth-order valence-electron chi connectivity index (χ4n) is 1.51. The molecular weight excluding hydrogens is 292 g/mol. The van der Waals surface area contributed by atoms with Gasteiger partial charge in [0.05, 0.1) is 0 Å². The molecule has 0 unspecified atom stereocenters. The normalized spacial score (nSPS) is 8.53. The number of anilines is 2. The Morgan fingerprint density at radius 1 is 0.895 bits per heavy atom. The van der Waals surface area contributed by atoms with Crippen LogP contribution in [0.15, 0.2) is 60.7 Å². The molecule has 0 aliphatic carbocycles. The van der Waals surface area contributed by atoms with Crippen molar-refractivity contribution in [3.8, 4) is 0 Å². The van der Waals surface area contributed by atoms with Crippen LogP contribution in [0.5, 0.6) is 0 Å². The average molecular weight is 307 g/mol. The van der Waals surface area contributed by atoms with Crippen LogP contribution in [0.4, 0.5) is 16.2 Å². The average Bonchev–Trinajstić information content (AvgIpc) is 2.43. The van der Waals surface area contributed by atoms with E-state index in [0.717, 1.165) is 4.90 Å². The molecule has 0 heterocycles. The maximum atomic E-state index is 11.1. The van der Waals surface area contributed by atoms with Gasteiger partial charge in [0.15, 0.2) is 0 Å². The summed E-state index contributed by atoms with van der Waals surface area (Å²) in [5.41, 5.74) is 1.16. The standard InChI is InChI=1S/C13H11NO2.C2H5.Zn/c15-13(16)14(11-7-3-1-4-8-11)12-9-5-2-6-10-12;1-2;/h1-10H,(H,15,16);1H2,2H3;/p-1. The summed E-state index contributed by atoms with van der Waals surface area (Å²) >= 11 is 0. The number of carbonyl (C=O) groups is 1. The Kier molecular flexibility index (Phi) is 8.47. The van der Waals surface area contributed by atoms with E-state index >= 15 is 0 Å². The Morgan fingerprint density at radius 2 is 1.21 bits per heavy atom. The van der Waals surface area contributed by atoms with Crippen molar-refractivity contribution in [2.45, 2.75) is 6.92 Å². The molecule has 0 aliphatic heterocycles. The Labute approximate surface area is 126 Å². The maximum absolute atomic E-state index is 11.1. The van der Waals surface area contributed by atoms with Crippen LogP contribution in [0.25, 0.3) is 0 Å². The summed E-state index contributed by atoms with van der Waals surface area (Å²) in [5.74, 6) is 0. The van der Waals surface area contributed by atoms with Gasteiger partial charge in [-0.2, -0.15) is 0 Å². The van der Waals surface area contributed by atoms with Crippen molar-refractivity contribution in [2.24, 2.45) is 0 Å². The molecule has 0 aromatic heterocycles. The van der Waals surface area contributed by atoms with Gasteiger partial charge < -0.3 is 9.90 Å². The summed E-state index contributed by atoms with van der Waals surface area (Å²) in [6, 6.07) is 17.7. The first-order valence-corrected chi connectivity index (χ1v) is 5.61. The van der Waals surface area contributed by atoms with Crippen molar-refractivity contribution < 1.29 is 29.4 Å². The molecule has 95 valence electrons. The van der Waals surface area contributed by atoms with E-state index in [4.69, 9.17) is 0 Å². The number of hydrogen-bond acceptors (Lipinski definition) is 2. The van der Waals surface area contributed by atoms with Crippen molar-refractivity contribution in [3.63, 3.8) is 0 Å². The molecular formula is C15H15NO2Zn-. The van der Waals surface area contributed by atoms with Gasteiger partial charge in [0.25, 0.3) is 0 Å². The largest absolute Gasteiger partial charge is 0.529 e. The SMILES string of the molecule is O=C([O-])N(c1ccccc1)c1ccccc1.[CH2]C.[Zn]. The van der Waals surface area contributed by atoms with Crippen molar-refractivity contribution in [1.29, 1.82) is 0 Å². The van der Waals surface area contributed by atoms with Crippen molar-refractivity contribution in [1.82, 2.24) is 0 Å². The van der Waals surface area contributed by atoms with Gasteiger partial charge >= 0.3 is 0 Å². The number of carboxylic acid groups (broad SMARTS) is 1. The van der Waals surface area contributed by atoms with E-state index in [2.05, 4.69) is 6.92 Å². The first-order valence-electron chi connectivity index (χ1n) is 5.61. The number of hydrogen-bond donors (Lipinski definition) is 0. The molecule has 4 heteroatoms. The van der Waals surface area contributed by atoms with Gasteiger partial charge in [-0.1, -0.05) is 50.2 Å². The molecule has 0 atom stereocenters.